The summed E-state index contributed by atoms with van der Waals surface area (Å²) in [6.07, 6.45) is 1.17. The van der Waals surface area contributed by atoms with Gasteiger partial charge in [0, 0.05) is 6.54 Å². The van der Waals surface area contributed by atoms with Crippen LogP contribution < -0.4 is 5.32 Å². The normalized spacial score (nSPS) is 30.6. The molecule has 14 heavy (non-hydrogen) atoms. The average molecular weight is 191 g/mol. The standard InChI is InChI=1S/C11H13NO2/c1-2-4-9-8(3-1)5-6-12-11-10(9)13-7-14-11/h1-4,10-12H,5-7H2. The van der Waals surface area contributed by atoms with Crippen LogP contribution in [0.25, 0.3) is 0 Å². The van der Waals surface area contributed by atoms with E-state index >= 15 is 0 Å². The monoisotopic (exact) mass is 191 g/mol. The molecule has 74 valence electrons. The maximum Gasteiger partial charge on any atom is 0.150 e. The Kier molecular flexibility index (Phi) is 2.01. The lowest BCUT2D eigenvalue weighted by Crippen LogP contribution is -2.32. The summed E-state index contributed by atoms with van der Waals surface area (Å²) in [4.78, 5) is 0. The van der Waals surface area contributed by atoms with Gasteiger partial charge in [-0.25, -0.2) is 0 Å². The third-order valence-electron chi connectivity index (χ3n) is 2.87. The van der Waals surface area contributed by atoms with E-state index < -0.39 is 0 Å². The number of hydrogen-bond donors (Lipinski definition) is 1. The van der Waals surface area contributed by atoms with Crippen molar-refractivity contribution in [2.75, 3.05) is 13.3 Å². The molecule has 2 aliphatic rings. The number of hydrogen-bond acceptors (Lipinski definition) is 3. The molecule has 0 bridgehead atoms. The molecular weight excluding hydrogens is 178 g/mol. The second-order valence-corrected chi connectivity index (χ2v) is 3.70. The third kappa shape index (κ3) is 1.25. The summed E-state index contributed by atoms with van der Waals surface area (Å²) in [7, 11) is 0. The van der Waals surface area contributed by atoms with Gasteiger partial charge in [0.25, 0.3) is 0 Å². The quantitative estimate of drug-likeness (QED) is 0.668. The van der Waals surface area contributed by atoms with Gasteiger partial charge in [-0.3, -0.25) is 5.32 Å². The van der Waals surface area contributed by atoms with Gasteiger partial charge in [0.15, 0.2) is 0 Å². The smallest absolute Gasteiger partial charge is 0.150 e. The van der Waals surface area contributed by atoms with Gasteiger partial charge in [-0.15, -0.1) is 0 Å². The summed E-state index contributed by atoms with van der Waals surface area (Å²) in [6.45, 7) is 1.36. The van der Waals surface area contributed by atoms with Gasteiger partial charge in [-0.05, 0) is 17.5 Å². The number of nitrogens with one attached hydrogen (secondary N) is 1. The fourth-order valence-electron chi connectivity index (χ4n) is 2.17. The Balaban J connectivity index is 2.04. The summed E-state index contributed by atoms with van der Waals surface area (Å²) in [5.41, 5.74) is 2.65. The number of rotatable bonds is 0. The Hall–Kier alpha value is -0.900. The highest BCUT2D eigenvalue weighted by Gasteiger charge is 2.33. The fourth-order valence-corrected chi connectivity index (χ4v) is 2.17. The molecule has 3 heteroatoms. The summed E-state index contributed by atoms with van der Waals surface area (Å²) >= 11 is 0. The van der Waals surface area contributed by atoms with E-state index in [1.165, 1.54) is 11.1 Å². The van der Waals surface area contributed by atoms with Crippen molar-refractivity contribution in [3.63, 3.8) is 0 Å². The van der Waals surface area contributed by atoms with Crippen LogP contribution in [0, 0.1) is 0 Å². The highest BCUT2D eigenvalue weighted by Crippen LogP contribution is 2.31. The Labute approximate surface area is 83.0 Å². The van der Waals surface area contributed by atoms with Gasteiger partial charge < -0.3 is 9.47 Å². The van der Waals surface area contributed by atoms with E-state index in [2.05, 4.69) is 29.6 Å². The summed E-state index contributed by atoms with van der Waals surface area (Å²) in [5, 5.41) is 3.34. The maximum atomic E-state index is 5.58. The van der Waals surface area contributed by atoms with Crippen molar-refractivity contribution in [1.29, 1.82) is 0 Å². The lowest BCUT2D eigenvalue weighted by molar-refractivity contribution is 0.0325. The summed E-state index contributed by atoms with van der Waals surface area (Å²) < 4.78 is 11.0. The van der Waals surface area contributed by atoms with Crippen molar-refractivity contribution in [3.8, 4) is 0 Å². The molecule has 0 aliphatic carbocycles. The molecule has 2 heterocycles. The van der Waals surface area contributed by atoms with Gasteiger partial charge in [0.1, 0.15) is 19.1 Å². The van der Waals surface area contributed by atoms with Crippen molar-refractivity contribution in [1.82, 2.24) is 5.32 Å². The van der Waals surface area contributed by atoms with Crippen molar-refractivity contribution >= 4 is 0 Å². The second kappa shape index (κ2) is 3.35. The molecule has 0 saturated carbocycles. The van der Waals surface area contributed by atoms with Crippen molar-refractivity contribution in [2.24, 2.45) is 0 Å². The largest absolute Gasteiger partial charge is 0.343 e. The van der Waals surface area contributed by atoms with Crippen LogP contribution in [0.5, 0.6) is 0 Å². The second-order valence-electron chi connectivity index (χ2n) is 3.70. The van der Waals surface area contributed by atoms with Gasteiger partial charge in [0.05, 0.1) is 0 Å². The minimum Gasteiger partial charge on any atom is -0.343 e. The molecule has 1 N–H and O–H groups in total. The van der Waals surface area contributed by atoms with E-state index in [9.17, 15) is 0 Å². The Morgan fingerprint density at radius 2 is 2.14 bits per heavy atom. The van der Waals surface area contributed by atoms with Crippen LogP contribution in [0.2, 0.25) is 0 Å². The number of fused-ring (bicyclic) bond motifs is 3. The SMILES string of the molecule is c1ccc2c(c1)CCNC1OCOC21. The molecule has 0 aromatic heterocycles. The molecule has 1 aromatic carbocycles. The Bertz CT molecular complexity index is 340. The minimum absolute atomic E-state index is 0.0404. The maximum absolute atomic E-state index is 5.58. The van der Waals surface area contributed by atoms with Crippen molar-refractivity contribution < 1.29 is 9.47 Å². The minimum atomic E-state index is 0.0404. The van der Waals surface area contributed by atoms with Crippen LogP contribution in [0.3, 0.4) is 0 Å². The van der Waals surface area contributed by atoms with E-state index in [1.54, 1.807) is 0 Å². The molecule has 3 rings (SSSR count). The Morgan fingerprint density at radius 1 is 1.21 bits per heavy atom. The van der Waals surface area contributed by atoms with E-state index in [4.69, 9.17) is 9.47 Å². The van der Waals surface area contributed by atoms with Crippen LogP contribution in [-0.2, 0) is 15.9 Å². The van der Waals surface area contributed by atoms with E-state index in [-0.39, 0.29) is 12.3 Å². The molecule has 1 saturated heterocycles. The molecule has 2 aliphatic heterocycles. The predicted molar refractivity (Wildman–Crippen MR) is 51.7 cm³/mol. The predicted octanol–water partition coefficient (Wildman–Crippen LogP) is 1.20. The first kappa shape index (κ1) is 8.41. The van der Waals surface area contributed by atoms with Gasteiger partial charge in [-0.2, -0.15) is 0 Å². The molecule has 1 aromatic rings. The molecule has 0 spiro atoms. The first-order valence-corrected chi connectivity index (χ1v) is 4.99. The van der Waals surface area contributed by atoms with Crippen LogP contribution in [-0.4, -0.2) is 19.6 Å². The zero-order valence-corrected chi connectivity index (χ0v) is 7.90. The first-order chi connectivity index (χ1) is 6.95. The molecule has 0 radical (unpaired) electrons. The van der Waals surface area contributed by atoms with Gasteiger partial charge in [0.2, 0.25) is 0 Å². The summed E-state index contributed by atoms with van der Waals surface area (Å²) in [6, 6.07) is 8.44. The van der Waals surface area contributed by atoms with Gasteiger partial charge >= 0.3 is 0 Å². The van der Waals surface area contributed by atoms with Gasteiger partial charge in [-0.1, -0.05) is 24.3 Å². The highest BCUT2D eigenvalue weighted by molar-refractivity contribution is 5.31. The lowest BCUT2D eigenvalue weighted by atomic mass is 10.0. The average Bonchev–Trinajstić information content (AvgIpc) is 2.61. The highest BCUT2D eigenvalue weighted by atomic mass is 16.7. The van der Waals surface area contributed by atoms with Crippen LogP contribution in [0.4, 0.5) is 0 Å². The lowest BCUT2D eigenvalue weighted by Gasteiger charge is -2.15. The zero-order chi connectivity index (χ0) is 9.38. The first-order valence-electron chi connectivity index (χ1n) is 4.99. The van der Waals surface area contributed by atoms with Crippen LogP contribution in [0.1, 0.15) is 17.2 Å². The fraction of sp³-hybridized carbons (Fsp3) is 0.455. The Morgan fingerprint density at radius 3 is 3.14 bits per heavy atom. The third-order valence-corrected chi connectivity index (χ3v) is 2.87. The van der Waals surface area contributed by atoms with Crippen molar-refractivity contribution in [3.05, 3.63) is 35.4 Å². The summed E-state index contributed by atoms with van der Waals surface area (Å²) in [5.74, 6) is 0. The molecule has 3 nitrogen and oxygen atoms in total. The molecule has 1 fully saturated rings. The van der Waals surface area contributed by atoms with E-state index in [1.807, 2.05) is 0 Å². The molecule has 2 unspecified atom stereocenters. The van der Waals surface area contributed by atoms with Crippen LogP contribution in [0.15, 0.2) is 24.3 Å². The molecular formula is C11H13NO2. The topological polar surface area (TPSA) is 30.5 Å². The van der Waals surface area contributed by atoms with E-state index in [0.717, 1.165) is 13.0 Å². The number of benzene rings is 1. The molecule has 2 atom stereocenters. The van der Waals surface area contributed by atoms with E-state index in [0.29, 0.717) is 6.79 Å². The number of ether oxygens (including phenoxy) is 2. The van der Waals surface area contributed by atoms with Crippen molar-refractivity contribution in [2.45, 2.75) is 18.8 Å². The van der Waals surface area contributed by atoms with Crippen LogP contribution >= 0.6 is 0 Å². The zero-order valence-electron chi connectivity index (χ0n) is 7.90. The molecule has 0 amide bonds.